The number of carboxylic acids is 2. The smallest absolute Gasteiger partial charge is 0.335 e. The minimum atomic E-state index is -1.14. The summed E-state index contributed by atoms with van der Waals surface area (Å²) in [5, 5.41) is 18.1. The van der Waals surface area contributed by atoms with Crippen LogP contribution in [0.25, 0.3) is 0 Å². The Kier molecular flexibility index (Phi) is 5.13. The minimum Gasteiger partial charge on any atom is -0.478 e. The number of benzene rings is 3. The van der Waals surface area contributed by atoms with Gasteiger partial charge in [0.15, 0.2) is 11.6 Å². The van der Waals surface area contributed by atoms with Gasteiger partial charge in [-0.05, 0) is 30.3 Å². The van der Waals surface area contributed by atoms with E-state index in [0.717, 1.165) is 0 Å². The van der Waals surface area contributed by atoms with Gasteiger partial charge in [-0.15, -0.1) is 0 Å². The topological polar surface area (TPSA) is 109 Å². The second kappa shape index (κ2) is 7.67. The first kappa shape index (κ1) is 18.7. The summed E-state index contributed by atoms with van der Waals surface area (Å²) in [5.41, 5.74) is 0.812. The number of hydrogen-bond acceptors (Lipinski definition) is 4. The lowest BCUT2D eigenvalue weighted by Gasteiger charge is -2.06. The maximum atomic E-state index is 12.7. The van der Waals surface area contributed by atoms with Gasteiger partial charge in [0.25, 0.3) is 0 Å². The van der Waals surface area contributed by atoms with Gasteiger partial charge < -0.3 is 10.2 Å². The molecule has 0 saturated heterocycles. The third kappa shape index (κ3) is 3.86. The molecule has 28 heavy (non-hydrogen) atoms. The summed E-state index contributed by atoms with van der Waals surface area (Å²) in [6, 6.07) is 17.3. The van der Waals surface area contributed by atoms with Crippen LogP contribution in [0.2, 0.25) is 0 Å². The summed E-state index contributed by atoms with van der Waals surface area (Å²) in [5.74, 6) is -3.12. The lowest BCUT2D eigenvalue weighted by molar-refractivity contribution is 0.0686. The first-order chi connectivity index (χ1) is 13.4. The molecule has 0 bridgehead atoms. The molecule has 0 spiro atoms. The maximum absolute atomic E-state index is 12.7. The third-order valence-corrected chi connectivity index (χ3v) is 4.13. The molecule has 0 amide bonds. The molecule has 3 rings (SSSR count). The minimum absolute atomic E-state index is 0.0106. The van der Waals surface area contributed by atoms with E-state index in [-0.39, 0.29) is 33.4 Å². The number of hydrogen-bond donors (Lipinski definition) is 2. The van der Waals surface area contributed by atoms with E-state index < -0.39 is 23.5 Å². The molecule has 0 radical (unpaired) electrons. The van der Waals surface area contributed by atoms with Gasteiger partial charge in [-0.2, -0.15) is 0 Å². The Balaban J connectivity index is 1.94. The summed E-state index contributed by atoms with van der Waals surface area (Å²) in [6.45, 7) is 0. The Bertz CT molecular complexity index is 1030. The van der Waals surface area contributed by atoms with Crippen molar-refractivity contribution < 1.29 is 29.4 Å². The molecule has 3 aromatic rings. The molecule has 2 N–H and O–H groups in total. The van der Waals surface area contributed by atoms with Crippen molar-refractivity contribution in [2.45, 2.75) is 0 Å². The van der Waals surface area contributed by atoms with E-state index in [2.05, 4.69) is 0 Å². The van der Waals surface area contributed by atoms with Crippen LogP contribution >= 0.6 is 0 Å². The Morgan fingerprint density at radius 3 is 1.00 bits per heavy atom. The molecule has 6 heteroatoms. The van der Waals surface area contributed by atoms with Crippen molar-refractivity contribution in [1.29, 1.82) is 0 Å². The van der Waals surface area contributed by atoms with Crippen LogP contribution < -0.4 is 0 Å². The van der Waals surface area contributed by atoms with Crippen LogP contribution in [0.1, 0.15) is 52.6 Å². The van der Waals surface area contributed by atoms with E-state index in [0.29, 0.717) is 0 Å². The van der Waals surface area contributed by atoms with E-state index in [1.165, 1.54) is 66.7 Å². The van der Waals surface area contributed by atoms with Crippen LogP contribution in [0, 0.1) is 0 Å². The zero-order valence-electron chi connectivity index (χ0n) is 14.5. The molecular weight excluding hydrogens is 360 g/mol. The van der Waals surface area contributed by atoms with E-state index in [9.17, 15) is 19.2 Å². The lowest BCUT2D eigenvalue weighted by atomic mass is 9.96. The predicted octanol–water partition coefficient (Wildman–Crippen LogP) is 3.55. The predicted molar refractivity (Wildman–Crippen MR) is 100 cm³/mol. The molecule has 3 aromatic carbocycles. The van der Waals surface area contributed by atoms with Crippen LogP contribution in [0.3, 0.4) is 0 Å². The van der Waals surface area contributed by atoms with Crippen molar-refractivity contribution in [2.75, 3.05) is 0 Å². The number of ketones is 2. The number of rotatable bonds is 6. The highest BCUT2D eigenvalue weighted by atomic mass is 16.4. The van der Waals surface area contributed by atoms with Gasteiger partial charge in [0.05, 0.1) is 11.1 Å². The SMILES string of the molecule is O=C(O)c1cccc(C(=O)c2cccc(C(=O)c3cccc(C(=O)O)c3)c2)c1. The van der Waals surface area contributed by atoms with Crippen molar-refractivity contribution in [3.63, 3.8) is 0 Å². The largest absolute Gasteiger partial charge is 0.478 e. The Morgan fingerprint density at radius 1 is 0.464 bits per heavy atom. The second-order valence-corrected chi connectivity index (χ2v) is 6.01. The van der Waals surface area contributed by atoms with Gasteiger partial charge in [-0.1, -0.05) is 42.5 Å². The van der Waals surface area contributed by atoms with Crippen LogP contribution in [-0.4, -0.2) is 33.7 Å². The molecule has 0 fully saturated rings. The van der Waals surface area contributed by atoms with Gasteiger partial charge in [0.2, 0.25) is 0 Å². The molecule has 138 valence electrons. The van der Waals surface area contributed by atoms with Crippen molar-refractivity contribution in [1.82, 2.24) is 0 Å². The zero-order valence-corrected chi connectivity index (χ0v) is 14.5. The molecule has 0 aromatic heterocycles. The Labute approximate surface area is 159 Å². The van der Waals surface area contributed by atoms with Crippen LogP contribution in [0.4, 0.5) is 0 Å². The van der Waals surface area contributed by atoms with Crippen molar-refractivity contribution in [3.05, 3.63) is 106 Å². The molecule has 0 unspecified atom stereocenters. The highest BCUT2D eigenvalue weighted by Gasteiger charge is 2.16. The fourth-order valence-electron chi connectivity index (χ4n) is 2.72. The summed E-state index contributed by atoms with van der Waals surface area (Å²) in [4.78, 5) is 47.6. The van der Waals surface area contributed by atoms with Gasteiger partial charge in [-0.25, -0.2) is 9.59 Å². The van der Waals surface area contributed by atoms with Gasteiger partial charge in [-0.3, -0.25) is 9.59 Å². The first-order valence-corrected chi connectivity index (χ1v) is 8.23. The summed E-state index contributed by atoms with van der Waals surface area (Å²) in [7, 11) is 0. The molecule has 0 aliphatic carbocycles. The molecule has 0 heterocycles. The quantitative estimate of drug-likeness (QED) is 0.639. The van der Waals surface area contributed by atoms with Crippen LogP contribution in [-0.2, 0) is 0 Å². The standard InChI is InChI=1S/C22H14O6/c23-19(15-6-2-8-17(11-15)21(25)26)13-4-1-5-14(10-13)20(24)16-7-3-9-18(12-16)22(27)28/h1-12H,(H,25,26)(H,27,28). The summed E-state index contributed by atoms with van der Waals surface area (Å²) < 4.78 is 0. The molecule has 0 aliphatic heterocycles. The third-order valence-electron chi connectivity index (χ3n) is 4.13. The van der Waals surface area contributed by atoms with E-state index in [1.807, 2.05) is 0 Å². The fraction of sp³-hybridized carbons (Fsp3) is 0. The van der Waals surface area contributed by atoms with Gasteiger partial charge in [0, 0.05) is 22.3 Å². The van der Waals surface area contributed by atoms with E-state index in [1.54, 1.807) is 6.07 Å². The lowest BCUT2D eigenvalue weighted by Crippen LogP contribution is -2.08. The van der Waals surface area contributed by atoms with Crippen LogP contribution in [0.15, 0.2) is 72.8 Å². The van der Waals surface area contributed by atoms with Crippen LogP contribution in [0.5, 0.6) is 0 Å². The molecule has 6 nitrogen and oxygen atoms in total. The van der Waals surface area contributed by atoms with Crippen molar-refractivity contribution in [2.24, 2.45) is 0 Å². The fourth-order valence-corrected chi connectivity index (χ4v) is 2.72. The monoisotopic (exact) mass is 374 g/mol. The Hall–Kier alpha value is -4.06. The number of carboxylic acid groups (broad SMARTS) is 2. The highest BCUT2D eigenvalue weighted by molar-refractivity contribution is 6.14. The van der Waals surface area contributed by atoms with Crippen molar-refractivity contribution >= 4 is 23.5 Å². The average Bonchev–Trinajstić information content (AvgIpc) is 2.73. The maximum Gasteiger partial charge on any atom is 0.335 e. The van der Waals surface area contributed by atoms with Gasteiger partial charge >= 0.3 is 11.9 Å². The number of aromatic carboxylic acids is 2. The normalized spacial score (nSPS) is 10.3. The van der Waals surface area contributed by atoms with E-state index in [4.69, 9.17) is 10.2 Å². The average molecular weight is 374 g/mol. The molecular formula is C22H14O6. The Morgan fingerprint density at radius 2 is 0.714 bits per heavy atom. The van der Waals surface area contributed by atoms with Crippen molar-refractivity contribution in [3.8, 4) is 0 Å². The molecule has 0 aliphatic rings. The molecule has 0 saturated carbocycles. The number of carbonyl (C=O) groups excluding carboxylic acids is 2. The van der Waals surface area contributed by atoms with Gasteiger partial charge in [0.1, 0.15) is 0 Å². The number of carbonyl (C=O) groups is 4. The first-order valence-electron chi connectivity index (χ1n) is 8.23. The highest BCUT2D eigenvalue weighted by Crippen LogP contribution is 2.17. The second-order valence-electron chi connectivity index (χ2n) is 6.01. The summed E-state index contributed by atoms with van der Waals surface area (Å²) in [6.07, 6.45) is 0. The zero-order chi connectivity index (χ0) is 20.3. The van der Waals surface area contributed by atoms with E-state index >= 15 is 0 Å². The molecule has 0 atom stereocenters. The summed E-state index contributed by atoms with van der Waals surface area (Å²) >= 11 is 0.